The lowest BCUT2D eigenvalue weighted by Crippen LogP contribution is -1.96. The number of ether oxygens (including phenoxy) is 1. The van der Waals surface area contributed by atoms with Gasteiger partial charge in [-0.2, -0.15) is 0 Å². The highest BCUT2D eigenvalue weighted by atomic mass is 79.9. The molecule has 88 valence electrons. The summed E-state index contributed by atoms with van der Waals surface area (Å²) < 4.78 is 6.41. The van der Waals surface area contributed by atoms with E-state index >= 15 is 0 Å². The van der Waals surface area contributed by atoms with Crippen LogP contribution in [0.2, 0.25) is 5.02 Å². The molecule has 2 aromatic carbocycles. The zero-order valence-electron chi connectivity index (χ0n) is 8.86. The smallest absolute Gasteiger partial charge is 0.138 e. The van der Waals surface area contributed by atoms with Crippen LogP contribution in [0.3, 0.4) is 0 Å². The van der Waals surface area contributed by atoms with Gasteiger partial charge in [-0.3, -0.25) is 0 Å². The maximum Gasteiger partial charge on any atom is 0.138 e. The summed E-state index contributed by atoms with van der Waals surface area (Å²) in [5, 5.41) is 9.86. The van der Waals surface area contributed by atoms with E-state index in [1.54, 1.807) is 24.3 Å². The summed E-state index contributed by atoms with van der Waals surface area (Å²) in [4.78, 5) is 0. The molecule has 0 aliphatic carbocycles. The van der Waals surface area contributed by atoms with Crippen molar-refractivity contribution in [1.82, 2.24) is 0 Å². The molecule has 2 nitrogen and oxygen atoms in total. The topological polar surface area (TPSA) is 29.5 Å². The molecule has 0 saturated carbocycles. The van der Waals surface area contributed by atoms with Crippen LogP contribution in [0.15, 0.2) is 46.9 Å². The van der Waals surface area contributed by atoms with Crippen LogP contribution in [0, 0.1) is 0 Å². The second-order valence-corrected chi connectivity index (χ2v) is 4.76. The molecule has 4 heteroatoms. The summed E-state index contributed by atoms with van der Waals surface area (Å²) in [7, 11) is 0. The number of phenols is 1. The Morgan fingerprint density at radius 2 is 1.94 bits per heavy atom. The molecule has 0 bridgehead atoms. The highest BCUT2D eigenvalue weighted by molar-refractivity contribution is 9.10. The Hall–Kier alpha value is -1.19. The molecular weight excluding hydrogens is 303 g/mol. The van der Waals surface area contributed by atoms with Gasteiger partial charge >= 0.3 is 0 Å². The first-order chi connectivity index (χ1) is 8.16. The Kier molecular flexibility index (Phi) is 3.92. The van der Waals surface area contributed by atoms with Crippen LogP contribution in [0.1, 0.15) is 5.56 Å². The van der Waals surface area contributed by atoms with Crippen molar-refractivity contribution >= 4 is 27.5 Å². The summed E-state index contributed by atoms with van der Waals surface area (Å²) in [6.45, 7) is 0.393. The van der Waals surface area contributed by atoms with Gasteiger partial charge in [-0.05, 0) is 24.3 Å². The zero-order valence-corrected chi connectivity index (χ0v) is 11.2. The van der Waals surface area contributed by atoms with Crippen LogP contribution in [-0.2, 0) is 6.61 Å². The van der Waals surface area contributed by atoms with E-state index in [9.17, 15) is 5.11 Å². The van der Waals surface area contributed by atoms with E-state index in [-0.39, 0.29) is 5.75 Å². The molecule has 0 fully saturated rings. The molecule has 17 heavy (non-hydrogen) atoms. The molecule has 1 N–H and O–H groups in total. The number of hydrogen-bond donors (Lipinski definition) is 1. The molecular formula is C13H10BrClO2. The zero-order chi connectivity index (χ0) is 12.3. The average Bonchev–Trinajstić information content (AvgIpc) is 2.30. The number of halogens is 2. The fourth-order valence-electron chi connectivity index (χ4n) is 1.37. The first-order valence-electron chi connectivity index (χ1n) is 5.01. The first kappa shape index (κ1) is 12.3. The van der Waals surface area contributed by atoms with Crippen molar-refractivity contribution in [1.29, 1.82) is 0 Å². The van der Waals surface area contributed by atoms with Gasteiger partial charge < -0.3 is 9.84 Å². The Labute approximate surface area is 113 Å². The lowest BCUT2D eigenvalue weighted by molar-refractivity contribution is 0.305. The standard InChI is InChI=1S/C13H10BrClO2/c14-11-7-10(16)6-5-9(11)8-17-13-4-2-1-3-12(13)15/h1-7,16H,8H2. The quantitative estimate of drug-likeness (QED) is 0.911. The summed E-state index contributed by atoms with van der Waals surface area (Å²) in [5.41, 5.74) is 0.947. The van der Waals surface area contributed by atoms with Crippen molar-refractivity contribution in [3.8, 4) is 11.5 Å². The summed E-state index contributed by atoms with van der Waals surface area (Å²) in [6.07, 6.45) is 0. The number of hydrogen-bond acceptors (Lipinski definition) is 2. The Morgan fingerprint density at radius 1 is 1.18 bits per heavy atom. The minimum absolute atomic E-state index is 0.221. The van der Waals surface area contributed by atoms with Gasteiger partial charge in [0.15, 0.2) is 0 Å². The molecule has 0 heterocycles. The van der Waals surface area contributed by atoms with Gasteiger partial charge in [-0.1, -0.05) is 45.7 Å². The van der Waals surface area contributed by atoms with Gasteiger partial charge in [-0.25, -0.2) is 0 Å². The molecule has 0 unspecified atom stereocenters. The van der Waals surface area contributed by atoms with Crippen LogP contribution in [0.5, 0.6) is 11.5 Å². The third-order valence-electron chi connectivity index (χ3n) is 2.26. The monoisotopic (exact) mass is 312 g/mol. The van der Waals surface area contributed by atoms with Crippen LogP contribution in [-0.4, -0.2) is 5.11 Å². The van der Waals surface area contributed by atoms with Gasteiger partial charge in [0.1, 0.15) is 18.1 Å². The van der Waals surface area contributed by atoms with Crippen molar-refractivity contribution < 1.29 is 9.84 Å². The second-order valence-electron chi connectivity index (χ2n) is 3.49. The van der Waals surface area contributed by atoms with Gasteiger partial charge in [0, 0.05) is 10.0 Å². The SMILES string of the molecule is Oc1ccc(COc2ccccc2Cl)c(Br)c1. The fraction of sp³-hybridized carbons (Fsp3) is 0.0769. The van der Waals surface area contributed by atoms with Gasteiger partial charge in [0.2, 0.25) is 0 Å². The maximum absolute atomic E-state index is 9.27. The third kappa shape index (κ3) is 3.14. The molecule has 0 spiro atoms. The lowest BCUT2D eigenvalue weighted by atomic mass is 10.2. The first-order valence-corrected chi connectivity index (χ1v) is 6.18. The van der Waals surface area contributed by atoms with E-state index in [0.717, 1.165) is 10.0 Å². The summed E-state index contributed by atoms with van der Waals surface area (Å²) >= 11 is 9.34. The highest BCUT2D eigenvalue weighted by Crippen LogP contribution is 2.27. The largest absolute Gasteiger partial charge is 0.508 e. The molecule has 0 atom stereocenters. The Balaban J connectivity index is 2.10. The minimum Gasteiger partial charge on any atom is -0.508 e. The van der Waals surface area contributed by atoms with Crippen molar-refractivity contribution in [3.63, 3.8) is 0 Å². The average molecular weight is 314 g/mol. The van der Waals surface area contributed by atoms with Crippen molar-refractivity contribution in [2.24, 2.45) is 0 Å². The molecule has 0 aromatic heterocycles. The normalized spacial score (nSPS) is 10.2. The second kappa shape index (κ2) is 5.43. The predicted molar refractivity (Wildman–Crippen MR) is 71.6 cm³/mol. The number of aromatic hydroxyl groups is 1. The van der Waals surface area contributed by atoms with Gasteiger partial charge in [-0.15, -0.1) is 0 Å². The number of para-hydroxylation sites is 1. The number of phenolic OH excluding ortho intramolecular Hbond substituents is 1. The molecule has 2 aromatic rings. The Bertz CT molecular complexity index is 529. The molecule has 0 saturated heterocycles. The van der Waals surface area contributed by atoms with E-state index in [4.69, 9.17) is 16.3 Å². The number of rotatable bonds is 3. The van der Waals surface area contributed by atoms with Crippen molar-refractivity contribution in [2.45, 2.75) is 6.61 Å². The fourth-order valence-corrected chi connectivity index (χ4v) is 2.04. The number of benzene rings is 2. The van der Waals surface area contributed by atoms with Crippen molar-refractivity contribution in [3.05, 3.63) is 57.5 Å². The maximum atomic E-state index is 9.27. The molecule has 0 radical (unpaired) electrons. The van der Waals surface area contributed by atoms with E-state index in [1.807, 2.05) is 18.2 Å². The van der Waals surface area contributed by atoms with Crippen LogP contribution >= 0.6 is 27.5 Å². The van der Waals surface area contributed by atoms with Crippen LogP contribution in [0.4, 0.5) is 0 Å². The van der Waals surface area contributed by atoms with Crippen LogP contribution < -0.4 is 4.74 Å². The molecule has 2 rings (SSSR count). The van der Waals surface area contributed by atoms with E-state index in [2.05, 4.69) is 15.9 Å². The Morgan fingerprint density at radius 3 is 2.65 bits per heavy atom. The molecule has 0 amide bonds. The van der Waals surface area contributed by atoms with E-state index in [1.165, 1.54) is 0 Å². The molecule has 0 aliphatic rings. The summed E-state index contributed by atoms with van der Waals surface area (Å²) in [5.74, 6) is 0.868. The van der Waals surface area contributed by atoms with Gasteiger partial charge in [0.05, 0.1) is 5.02 Å². The van der Waals surface area contributed by atoms with Crippen molar-refractivity contribution in [2.75, 3.05) is 0 Å². The van der Waals surface area contributed by atoms with Crippen LogP contribution in [0.25, 0.3) is 0 Å². The predicted octanol–water partition coefficient (Wildman–Crippen LogP) is 4.39. The highest BCUT2D eigenvalue weighted by Gasteiger charge is 2.04. The minimum atomic E-state index is 0.221. The van der Waals surface area contributed by atoms with Gasteiger partial charge in [0.25, 0.3) is 0 Å². The van der Waals surface area contributed by atoms with E-state index < -0.39 is 0 Å². The molecule has 0 aliphatic heterocycles. The van der Waals surface area contributed by atoms with E-state index in [0.29, 0.717) is 17.4 Å². The lowest BCUT2D eigenvalue weighted by Gasteiger charge is -2.09. The third-order valence-corrected chi connectivity index (χ3v) is 3.31. The summed E-state index contributed by atoms with van der Waals surface area (Å²) in [6, 6.07) is 12.4.